The van der Waals surface area contributed by atoms with E-state index in [1.165, 1.54) is 0 Å². The molecule has 1 atom stereocenters. The van der Waals surface area contributed by atoms with Crippen molar-refractivity contribution in [1.29, 1.82) is 0 Å². The van der Waals surface area contributed by atoms with E-state index in [2.05, 4.69) is 10.3 Å². The largest absolute Gasteiger partial charge is 0.494 e. The fourth-order valence-electron chi connectivity index (χ4n) is 1.99. The van der Waals surface area contributed by atoms with E-state index in [-0.39, 0.29) is 11.9 Å². The molecule has 5 nitrogen and oxygen atoms in total. The van der Waals surface area contributed by atoms with Crippen molar-refractivity contribution in [2.75, 3.05) is 12.3 Å². The van der Waals surface area contributed by atoms with E-state index in [0.717, 1.165) is 5.69 Å². The van der Waals surface area contributed by atoms with E-state index in [9.17, 15) is 4.79 Å². The van der Waals surface area contributed by atoms with Crippen LogP contribution in [0, 0.1) is 0 Å². The summed E-state index contributed by atoms with van der Waals surface area (Å²) in [7, 11) is 0. The van der Waals surface area contributed by atoms with Gasteiger partial charge in [-0.25, -0.2) is 0 Å². The summed E-state index contributed by atoms with van der Waals surface area (Å²) in [4.78, 5) is 16.5. The zero-order valence-electron chi connectivity index (χ0n) is 12.2. The molecule has 1 aromatic carbocycles. The summed E-state index contributed by atoms with van der Waals surface area (Å²) < 4.78 is 5.39. The van der Waals surface area contributed by atoms with Gasteiger partial charge >= 0.3 is 0 Å². The fourth-order valence-corrected chi connectivity index (χ4v) is 1.99. The molecule has 1 aromatic heterocycles. The number of nitrogens with one attached hydrogen (secondary N) is 1. The molecule has 21 heavy (non-hydrogen) atoms. The van der Waals surface area contributed by atoms with Gasteiger partial charge in [0, 0.05) is 23.5 Å². The van der Waals surface area contributed by atoms with Gasteiger partial charge in [0.1, 0.15) is 5.75 Å². The van der Waals surface area contributed by atoms with Gasteiger partial charge in [0.15, 0.2) is 0 Å². The lowest BCUT2D eigenvalue weighted by molar-refractivity contribution is 0.0938. The van der Waals surface area contributed by atoms with Crippen molar-refractivity contribution in [2.45, 2.75) is 19.9 Å². The highest BCUT2D eigenvalue weighted by Crippen LogP contribution is 2.19. The fraction of sp³-hybridized carbons (Fsp3) is 0.250. The number of hydrogen-bond acceptors (Lipinski definition) is 4. The summed E-state index contributed by atoms with van der Waals surface area (Å²) in [5, 5.41) is 2.90. The Hall–Kier alpha value is -2.56. The highest BCUT2D eigenvalue weighted by molar-refractivity contribution is 5.95. The van der Waals surface area contributed by atoms with Crippen molar-refractivity contribution < 1.29 is 9.53 Å². The Balaban J connectivity index is 2.13. The van der Waals surface area contributed by atoms with E-state index >= 15 is 0 Å². The van der Waals surface area contributed by atoms with E-state index < -0.39 is 0 Å². The van der Waals surface area contributed by atoms with Crippen molar-refractivity contribution in [3.05, 3.63) is 53.9 Å². The third-order valence-corrected chi connectivity index (χ3v) is 2.98. The minimum Gasteiger partial charge on any atom is -0.494 e. The zero-order valence-corrected chi connectivity index (χ0v) is 12.2. The van der Waals surface area contributed by atoms with Crippen LogP contribution in [0.2, 0.25) is 0 Å². The molecule has 1 amide bonds. The smallest absolute Gasteiger partial charge is 0.252 e. The Bertz CT molecular complexity index is 614. The average Bonchev–Trinajstić information content (AvgIpc) is 2.48. The molecule has 1 heterocycles. The maximum absolute atomic E-state index is 12.3. The maximum Gasteiger partial charge on any atom is 0.252 e. The molecule has 3 N–H and O–H groups in total. The first-order valence-corrected chi connectivity index (χ1v) is 6.85. The first kappa shape index (κ1) is 14.8. The number of carbonyl (C=O) groups is 1. The standard InChI is InChI=1S/C16H19N3O2/c1-3-21-14-9-12(8-13(17)10-14)16(20)19-11(2)15-6-4-5-7-18-15/h4-11H,3,17H2,1-2H3,(H,19,20). The summed E-state index contributed by atoms with van der Waals surface area (Å²) in [6.07, 6.45) is 1.70. The van der Waals surface area contributed by atoms with Crippen LogP contribution in [-0.4, -0.2) is 17.5 Å². The Morgan fingerprint density at radius 2 is 2.19 bits per heavy atom. The predicted molar refractivity (Wildman–Crippen MR) is 82.1 cm³/mol. The van der Waals surface area contributed by atoms with Gasteiger partial charge in [-0.15, -0.1) is 0 Å². The van der Waals surface area contributed by atoms with Crippen LogP contribution in [0.5, 0.6) is 5.75 Å². The first-order chi connectivity index (χ1) is 10.1. The van der Waals surface area contributed by atoms with Crippen LogP contribution in [0.25, 0.3) is 0 Å². The number of pyridine rings is 1. The van der Waals surface area contributed by atoms with Crippen LogP contribution < -0.4 is 15.8 Å². The second-order valence-corrected chi connectivity index (χ2v) is 4.67. The quantitative estimate of drug-likeness (QED) is 0.828. The Morgan fingerprint density at radius 3 is 2.86 bits per heavy atom. The highest BCUT2D eigenvalue weighted by Gasteiger charge is 2.13. The number of ether oxygens (including phenoxy) is 1. The normalized spacial score (nSPS) is 11.7. The van der Waals surface area contributed by atoms with Crippen LogP contribution in [0.4, 0.5) is 5.69 Å². The van der Waals surface area contributed by atoms with Gasteiger partial charge in [0.25, 0.3) is 5.91 Å². The third kappa shape index (κ3) is 3.95. The second kappa shape index (κ2) is 6.74. The lowest BCUT2D eigenvalue weighted by Crippen LogP contribution is -2.27. The van der Waals surface area contributed by atoms with E-state index in [4.69, 9.17) is 10.5 Å². The Morgan fingerprint density at radius 1 is 1.38 bits per heavy atom. The Kier molecular flexibility index (Phi) is 4.77. The molecule has 0 spiro atoms. The molecule has 0 saturated carbocycles. The van der Waals surface area contributed by atoms with Gasteiger partial charge in [-0.05, 0) is 38.1 Å². The molecule has 0 aliphatic heterocycles. The molecular weight excluding hydrogens is 266 g/mol. The molecule has 0 bridgehead atoms. The van der Waals surface area contributed by atoms with Gasteiger partial charge in [0.05, 0.1) is 18.3 Å². The minimum absolute atomic E-state index is 0.185. The Labute approximate surface area is 124 Å². The molecule has 2 rings (SSSR count). The van der Waals surface area contributed by atoms with Crippen LogP contribution in [-0.2, 0) is 0 Å². The van der Waals surface area contributed by atoms with Crippen molar-refractivity contribution in [3.63, 3.8) is 0 Å². The number of amides is 1. The third-order valence-electron chi connectivity index (χ3n) is 2.98. The number of benzene rings is 1. The zero-order chi connectivity index (χ0) is 15.2. The van der Waals surface area contributed by atoms with Crippen molar-refractivity contribution >= 4 is 11.6 Å². The van der Waals surface area contributed by atoms with Gasteiger partial charge in [0.2, 0.25) is 0 Å². The molecule has 0 aliphatic rings. The summed E-state index contributed by atoms with van der Waals surface area (Å²) >= 11 is 0. The van der Waals surface area contributed by atoms with Crippen molar-refractivity contribution in [3.8, 4) is 5.75 Å². The topological polar surface area (TPSA) is 77.2 Å². The lowest BCUT2D eigenvalue weighted by atomic mass is 10.1. The number of nitrogen functional groups attached to an aromatic ring is 1. The number of anilines is 1. The number of carbonyl (C=O) groups excluding carboxylic acids is 1. The van der Waals surface area contributed by atoms with E-state index in [1.54, 1.807) is 24.4 Å². The SMILES string of the molecule is CCOc1cc(N)cc(C(=O)NC(C)c2ccccn2)c1. The second-order valence-electron chi connectivity index (χ2n) is 4.67. The van der Waals surface area contributed by atoms with Crippen LogP contribution in [0.1, 0.15) is 35.9 Å². The number of hydrogen-bond donors (Lipinski definition) is 2. The lowest BCUT2D eigenvalue weighted by Gasteiger charge is -2.14. The molecule has 0 aliphatic carbocycles. The van der Waals surface area contributed by atoms with Gasteiger partial charge in [-0.3, -0.25) is 9.78 Å². The number of nitrogens with two attached hydrogens (primary N) is 1. The summed E-state index contributed by atoms with van der Waals surface area (Å²) in [6, 6.07) is 10.4. The average molecular weight is 285 g/mol. The predicted octanol–water partition coefficient (Wildman–Crippen LogP) is 2.55. The molecule has 0 radical (unpaired) electrons. The molecule has 5 heteroatoms. The molecular formula is C16H19N3O2. The van der Waals surface area contributed by atoms with E-state index in [0.29, 0.717) is 23.6 Å². The maximum atomic E-state index is 12.3. The number of nitrogens with zero attached hydrogens (tertiary/aromatic N) is 1. The summed E-state index contributed by atoms with van der Waals surface area (Å²) in [5.41, 5.74) is 7.57. The van der Waals surface area contributed by atoms with Crippen LogP contribution >= 0.6 is 0 Å². The molecule has 1 unspecified atom stereocenters. The molecule has 0 fully saturated rings. The molecule has 0 saturated heterocycles. The highest BCUT2D eigenvalue weighted by atomic mass is 16.5. The van der Waals surface area contributed by atoms with Gasteiger partial charge in [-0.1, -0.05) is 6.07 Å². The van der Waals surface area contributed by atoms with Crippen LogP contribution in [0.3, 0.4) is 0 Å². The van der Waals surface area contributed by atoms with Crippen molar-refractivity contribution in [1.82, 2.24) is 10.3 Å². The number of aromatic nitrogens is 1. The minimum atomic E-state index is -0.207. The van der Waals surface area contributed by atoms with Crippen molar-refractivity contribution in [2.24, 2.45) is 0 Å². The summed E-state index contributed by atoms with van der Waals surface area (Å²) in [6.45, 7) is 4.29. The first-order valence-electron chi connectivity index (χ1n) is 6.85. The van der Waals surface area contributed by atoms with E-state index in [1.807, 2.05) is 32.0 Å². The van der Waals surface area contributed by atoms with Gasteiger partial charge < -0.3 is 15.8 Å². The monoisotopic (exact) mass is 285 g/mol. The van der Waals surface area contributed by atoms with Crippen LogP contribution in [0.15, 0.2) is 42.6 Å². The molecule has 2 aromatic rings. The number of rotatable bonds is 5. The summed E-state index contributed by atoms with van der Waals surface area (Å²) in [5.74, 6) is 0.384. The van der Waals surface area contributed by atoms with Gasteiger partial charge in [-0.2, -0.15) is 0 Å². The molecule has 110 valence electrons.